The van der Waals surface area contributed by atoms with Crippen LogP contribution in [0, 0.1) is 18.3 Å². The lowest BCUT2D eigenvalue weighted by atomic mass is 9.98. The zero-order valence-electron chi connectivity index (χ0n) is 9.07. The second-order valence-corrected chi connectivity index (χ2v) is 3.71. The maximum Gasteiger partial charge on any atom is 0.0991 e. The largest absolute Gasteiger partial charge is 0.398 e. The van der Waals surface area contributed by atoms with Gasteiger partial charge in [0.2, 0.25) is 0 Å². The van der Waals surface area contributed by atoms with Gasteiger partial charge in [-0.05, 0) is 41.8 Å². The van der Waals surface area contributed by atoms with E-state index in [1.165, 1.54) is 0 Å². The van der Waals surface area contributed by atoms with Crippen molar-refractivity contribution in [1.82, 2.24) is 0 Å². The smallest absolute Gasteiger partial charge is 0.0991 e. The maximum absolute atomic E-state index is 8.86. The number of rotatable bonds is 1. The standard InChI is InChI=1S/C14H12N2/c1-10-13(6-3-7-14(10)16)12-5-2-4-11(8-12)9-15/h2-8H,16H2,1H3. The van der Waals surface area contributed by atoms with E-state index < -0.39 is 0 Å². The third-order valence-electron chi connectivity index (χ3n) is 2.68. The summed E-state index contributed by atoms with van der Waals surface area (Å²) in [6.07, 6.45) is 0. The second kappa shape index (κ2) is 4.08. The summed E-state index contributed by atoms with van der Waals surface area (Å²) in [5, 5.41) is 8.86. The van der Waals surface area contributed by atoms with Gasteiger partial charge in [-0.15, -0.1) is 0 Å². The average molecular weight is 208 g/mol. The molecule has 2 aromatic carbocycles. The van der Waals surface area contributed by atoms with Crippen LogP contribution in [-0.2, 0) is 0 Å². The number of nitrogens with two attached hydrogens (primary N) is 1. The van der Waals surface area contributed by atoms with E-state index in [2.05, 4.69) is 6.07 Å². The number of nitrogens with zero attached hydrogens (tertiary/aromatic N) is 1. The van der Waals surface area contributed by atoms with Crippen LogP contribution in [0.25, 0.3) is 11.1 Å². The molecule has 0 fully saturated rings. The first-order chi connectivity index (χ1) is 7.72. The SMILES string of the molecule is Cc1c(N)cccc1-c1cccc(C#N)c1. The lowest BCUT2D eigenvalue weighted by Crippen LogP contribution is -1.92. The van der Waals surface area contributed by atoms with E-state index in [4.69, 9.17) is 11.0 Å². The Balaban J connectivity index is 2.59. The van der Waals surface area contributed by atoms with Crippen LogP contribution in [0.3, 0.4) is 0 Å². The van der Waals surface area contributed by atoms with Gasteiger partial charge in [0.05, 0.1) is 11.6 Å². The van der Waals surface area contributed by atoms with Crippen molar-refractivity contribution in [3.63, 3.8) is 0 Å². The van der Waals surface area contributed by atoms with Gasteiger partial charge in [0.1, 0.15) is 0 Å². The molecule has 0 spiro atoms. The third-order valence-corrected chi connectivity index (χ3v) is 2.68. The second-order valence-electron chi connectivity index (χ2n) is 3.71. The fraction of sp³-hybridized carbons (Fsp3) is 0.0714. The van der Waals surface area contributed by atoms with Crippen molar-refractivity contribution in [2.24, 2.45) is 0 Å². The molecule has 2 heteroatoms. The highest BCUT2D eigenvalue weighted by molar-refractivity contribution is 5.73. The molecule has 0 heterocycles. The minimum absolute atomic E-state index is 0.666. The van der Waals surface area contributed by atoms with Crippen LogP contribution < -0.4 is 5.73 Å². The van der Waals surface area contributed by atoms with Crippen molar-refractivity contribution in [2.75, 3.05) is 5.73 Å². The van der Waals surface area contributed by atoms with Gasteiger partial charge in [-0.2, -0.15) is 5.26 Å². The topological polar surface area (TPSA) is 49.8 Å². The fourth-order valence-corrected chi connectivity index (χ4v) is 1.72. The molecule has 2 aromatic rings. The van der Waals surface area contributed by atoms with E-state index in [1.54, 1.807) is 6.07 Å². The first kappa shape index (κ1) is 10.3. The first-order valence-electron chi connectivity index (χ1n) is 5.08. The molecule has 0 radical (unpaired) electrons. The average Bonchev–Trinajstić information content (AvgIpc) is 2.33. The summed E-state index contributed by atoms with van der Waals surface area (Å²) in [6.45, 7) is 1.99. The van der Waals surface area contributed by atoms with Gasteiger partial charge in [-0.25, -0.2) is 0 Å². The Morgan fingerprint density at radius 2 is 1.88 bits per heavy atom. The molecule has 2 N–H and O–H groups in total. The quantitative estimate of drug-likeness (QED) is 0.732. The van der Waals surface area contributed by atoms with E-state index in [-0.39, 0.29) is 0 Å². The van der Waals surface area contributed by atoms with Crippen molar-refractivity contribution in [2.45, 2.75) is 6.92 Å². The third kappa shape index (κ3) is 1.76. The van der Waals surface area contributed by atoms with E-state index in [0.717, 1.165) is 22.4 Å². The van der Waals surface area contributed by atoms with Gasteiger partial charge >= 0.3 is 0 Å². The van der Waals surface area contributed by atoms with Crippen LogP contribution in [-0.4, -0.2) is 0 Å². The molecule has 0 aliphatic rings. The van der Waals surface area contributed by atoms with Crippen molar-refractivity contribution < 1.29 is 0 Å². The van der Waals surface area contributed by atoms with Crippen molar-refractivity contribution in [3.05, 3.63) is 53.6 Å². The minimum Gasteiger partial charge on any atom is -0.398 e. The van der Waals surface area contributed by atoms with Crippen LogP contribution in [0.15, 0.2) is 42.5 Å². The lowest BCUT2D eigenvalue weighted by molar-refractivity contribution is 1.44. The molecule has 0 unspecified atom stereocenters. The van der Waals surface area contributed by atoms with Crippen molar-refractivity contribution in [3.8, 4) is 17.2 Å². The molecule has 16 heavy (non-hydrogen) atoms. The Kier molecular flexibility index (Phi) is 2.61. The minimum atomic E-state index is 0.666. The van der Waals surface area contributed by atoms with E-state index in [0.29, 0.717) is 5.56 Å². The van der Waals surface area contributed by atoms with Crippen molar-refractivity contribution >= 4 is 5.69 Å². The number of hydrogen-bond acceptors (Lipinski definition) is 2. The fourth-order valence-electron chi connectivity index (χ4n) is 1.72. The van der Waals surface area contributed by atoms with Gasteiger partial charge in [0, 0.05) is 5.69 Å². The Morgan fingerprint density at radius 3 is 2.62 bits per heavy atom. The highest BCUT2D eigenvalue weighted by Gasteiger charge is 2.04. The number of hydrogen-bond donors (Lipinski definition) is 1. The zero-order valence-corrected chi connectivity index (χ0v) is 9.07. The molecule has 2 rings (SSSR count). The zero-order chi connectivity index (χ0) is 11.5. The molecule has 78 valence electrons. The molecule has 2 nitrogen and oxygen atoms in total. The molecule has 0 amide bonds. The maximum atomic E-state index is 8.86. The number of benzene rings is 2. The number of nitriles is 1. The molecule has 0 atom stereocenters. The molecule has 0 saturated carbocycles. The summed E-state index contributed by atoms with van der Waals surface area (Å²) in [6, 6.07) is 15.5. The van der Waals surface area contributed by atoms with Crippen molar-refractivity contribution in [1.29, 1.82) is 5.26 Å². The molecule has 0 saturated heterocycles. The normalized spacial score (nSPS) is 9.75. The first-order valence-corrected chi connectivity index (χ1v) is 5.08. The monoisotopic (exact) mass is 208 g/mol. The highest BCUT2D eigenvalue weighted by atomic mass is 14.6. The molecule has 0 bridgehead atoms. The Bertz CT molecular complexity index is 565. The van der Waals surface area contributed by atoms with Crippen LogP contribution in [0.2, 0.25) is 0 Å². The highest BCUT2D eigenvalue weighted by Crippen LogP contribution is 2.27. The Labute approximate surface area is 95.0 Å². The van der Waals surface area contributed by atoms with Crippen LogP contribution in [0.4, 0.5) is 5.69 Å². The van der Waals surface area contributed by atoms with Gasteiger partial charge in [-0.1, -0.05) is 24.3 Å². The van der Waals surface area contributed by atoms with E-state index in [9.17, 15) is 0 Å². The van der Waals surface area contributed by atoms with Gasteiger partial charge in [-0.3, -0.25) is 0 Å². The molecular weight excluding hydrogens is 196 g/mol. The van der Waals surface area contributed by atoms with Crippen LogP contribution >= 0.6 is 0 Å². The predicted octanol–water partition coefficient (Wildman–Crippen LogP) is 3.12. The molecule has 0 aliphatic heterocycles. The molecular formula is C14H12N2. The molecule has 0 aromatic heterocycles. The number of anilines is 1. The summed E-state index contributed by atoms with van der Waals surface area (Å²) in [7, 11) is 0. The van der Waals surface area contributed by atoms with Gasteiger partial charge in [0.25, 0.3) is 0 Å². The van der Waals surface area contributed by atoms with Crippen LogP contribution in [0.5, 0.6) is 0 Å². The lowest BCUT2D eigenvalue weighted by Gasteiger charge is -2.08. The summed E-state index contributed by atoms with van der Waals surface area (Å²) in [5.74, 6) is 0. The summed E-state index contributed by atoms with van der Waals surface area (Å²) in [5.41, 5.74) is 10.5. The predicted molar refractivity (Wildman–Crippen MR) is 65.7 cm³/mol. The molecule has 0 aliphatic carbocycles. The summed E-state index contributed by atoms with van der Waals surface area (Å²) < 4.78 is 0. The number of nitrogen functional groups attached to an aromatic ring is 1. The van der Waals surface area contributed by atoms with Gasteiger partial charge in [0.15, 0.2) is 0 Å². The summed E-state index contributed by atoms with van der Waals surface area (Å²) in [4.78, 5) is 0. The van der Waals surface area contributed by atoms with Gasteiger partial charge < -0.3 is 5.73 Å². The Hall–Kier alpha value is -2.27. The van der Waals surface area contributed by atoms with E-state index in [1.807, 2.05) is 43.3 Å². The van der Waals surface area contributed by atoms with Crippen LogP contribution in [0.1, 0.15) is 11.1 Å². The Morgan fingerprint density at radius 1 is 1.12 bits per heavy atom. The van der Waals surface area contributed by atoms with E-state index >= 15 is 0 Å². The summed E-state index contributed by atoms with van der Waals surface area (Å²) >= 11 is 0.